The fraction of sp³-hybridized carbons (Fsp3) is 1.00. The van der Waals surface area contributed by atoms with Crippen molar-refractivity contribution >= 4 is 0 Å². The van der Waals surface area contributed by atoms with E-state index in [0.29, 0.717) is 5.92 Å². The lowest BCUT2D eigenvalue weighted by Gasteiger charge is -2.27. The third-order valence-electron chi connectivity index (χ3n) is 2.65. The molecule has 2 heteroatoms. The van der Waals surface area contributed by atoms with E-state index in [4.69, 9.17) is 5.73 Å². The van der Waals surface area contributed by atoms with E-state index >= 15 is 0 Å². The van der Waals surface area contributed by atoms with E-state index in [-0.39, 0.29) is 6.10 Å². The van der Waals surface area contributed by atoms with Gasteiger partial charge in [-0.2, -0.15) is 0 Å². The first-order valence-corrected chi connectivity index (χ1v) is 4.72. The zero-order valence-corrected chi connectivity index (χ0v) is 7.13. The maximum atomic E-state index is 9.55. The Hall–Kier alpha value is -0.0800. The van der Waals surface area contributed by atoms with Gasteiger partial charge in [0.2, 0.25) is 0 Å². The van der Waals surface area contributed by atoms with Gasteiger partial charge in [0.05, 0.1) is 6.10 Å². The monoisotopic (exact) mass is 157 g/mol. The van der Waals surface area contributed by atoms with E-state index in [1.54, 1.807) is 0 Å². The molecule has 0 bridgehead atoms. The first-order valence-electron chi connectivity index (χ1n) is 4.72. The Balaban J connectivity index is 2.18. The standard InChI is InChI=1S/C9H19NO/c10-7-3-5-8-4-1-2-6-9(8)11/h8-9,11H,1-7,10H2/t8-,9-/m0/s1. The molecule has 1 saturated carbocycles. The minimum absolute atomic E-state index is 0.0321. The molecule has 1 fully saturated rings. The highest BCUT2D eigenvalue weighted by Gasteiger charge is 2.21. The largest absolute Gasteiger partial charge is 0.393 e. The molecule has 0 radical (unpaired) electrons. The summed E-state index contributed by atoms with van der Waals surface area (Å²) in [5.41, 5.74) is 5.41. The summed E-state index contributed by atoms with van der Waals surface area (Å²) in [5, 5.41) is 9.55. The Morgan fingerprint density at radius 1 is 1.27 bits per heavy atom. The Kier molecular flexibility index (Phi) is 3.87. The lowest BCUT2D eigenvalue weighted by molar-refractivity contribution is 0.0646. The fourth-order valence-corrected chi connectivity index (χ4v) is 1.90. The highest BCUT2D eigenvalue weighted by atomic mass is 16.3. The van der Waals surface area contributed by atoms with Crippen LogP contribution in [0.1, 0.15) is 38.5 Å². The Labute approximate surface area is 68.8 Å². The van der Waals surface area contributed by atoms with Crippen LogP contribution in [0.25, 0.3) is 0 Å². The van der Waals surface area contributed by atoms with Gasteiger partial charge in [0, 0.05) is 0 Å². The average molecular weight is 157 g/mol. The maximum absolute atomic E-state index is 9.55. The molecule has 2 atom stereocenters. The Morgan fingerprint density at radius 3 is 2.64 bits per heavy atom. The molecular weight excluding hydrogens is 138 g/mol. The van der Waals surface area contributed by atoms with Crippen LogP contribution in [0.5, 0.6) is 0 Å². The molecule has 0 aromatic carbocycles. The summed E-state index contributed by atoms with van der Waals surface area (Å²) < 4.78 is 0. The van der Waals surface area contributed by atoms with Crippen molar-refractivity contribution in [2.24, 2.45) is 11.7 Å². The van der Waals surface area contributed by atoms with Crippen molar-refractivity contribution < 1.29 is 5.11 Å². The molecule has 66 valence electrons. The van der Waals surface area contributed by atoms with Crippen LogP contribution in [-0.2, 0) is 0 Å². The third kappa shape index (κ3) is 2.80. The molecule has 1 aliphatic rings. The lowest BCUT2D eigenvalue weighted by atomic mass is 9.84. The van der Waals surface area contributed by atoms with E-state index in [1.165, 1.54) is 19.3 Å². The molecule has 1 aliphatic carbocycles. The number of hydrogen-bond donors (Lipinski definition) is 2. The minimum atomic E-state index is -0.0321. The molecule has 3 N–H and O–H groups in total. The summed E-state index contributed by atoms with van der Waals surface area (Å²) in [4.78, 5) is 0. The highest BCUT2D eigenvalue weighted by molar-refractivity contribution is 4.74. The number of hydrogen-bond acceptors (Lipinski definition) is 2. The van der Waals surface area contributed by atoms with Gasteiger partial charge in [0.1, 0.15) is 0 Å². The molecule has 0 heterocycles. The van der Waals surface area contributed by atoms with Crippen LogP contribution in [0, 0.1) is 5.92 Å². The van der Waals surface area contributed by atoms with Crippen LogP contribution in [0.3, 0.4) is 0 Å². The van der Waals surface area contributed by atoms with Crippen molar-refractivity contribution in [1.29, 1.82) is 0 Å². The summed E-state index contributed by atoms with van der Waals surface area (Å²) >= 11 is 0. The summed E-state index contributed by atoms with van der Waals surface area (Å²) in [6.07, 6.45) is 6.89. The van der Waals surface area contributed by atoms with Crippen LogP contribution < -0.4 is 5.73 Å². The van der Waals surface area contributed by atoms with Crippen LogP contribution in [0.4, 0.5) is 0 Å². The van der Waals surface area contributed by atoms with E-state index in [9.17, 15) is 5.11 Å². The third-order valence-corrected chi connectivity index (χ3v) is 2.65. The quantitative estimate of drug-likeness (QED) is 0.648. The minimum Gasteiger partial charge on any atom is -0.393 e. The van der Waals surface area contributed by atoms with Gasteiger partial charge in [-0.1, -0.05) is 12.8 Å². The van der Waals surface area contributed by atoms with Gasteiger partial charge in [-0.3, -0.25) is 0 Å². The first-order chi connectivity index (χ1) is 5.34. The van der Waals surface area contributed by atoms with Gasteiger partial charge in [-0.15, -0.1) is 0 Å². The van der Waals surface area contributed by atoms with Gasteiger partial charge in [-0.25, -0.2) is 0 Å². The molecule has 1 rings (SSSR count). The molecule has 11 heavy (non-hydrogen) atoms. The number of nitrogens with two attached hydrogens (primary N) is 1. The lowest BCUT2D eigenvalue weighted by Crippen LogP contribution is -2.24. The van der Waals surface area contributed by atoms with Crippen LogP contribution >= 0.6 is 0 Å². The van der Waals surface area contributed by atoms with Crippen LogP contribution in [0.15, 0.2) is 0 Å². The van der Waals surface area contributed by atoms with Crippen molar-refractivity contribution in [3.63, 3.8) is 0 Å². The van der Waals surface area contributed by atoms with Gasteiger partial charge in [0.15, 0.2) is 0 Å². The van der Waals surface area contributed by atoms with Gasteiger partial charge in [-0.05, 0) is 38.1 Å². The first kappa shape index (κ1) is 9.01. The summed E-state index contributed by atoms with van der Waals surface area (Å²) in [6, 6.07) is 0. The van der Waals surface area contributed by atoms with Crippen molar-refractivity contribution in [2.45, 2.75) is 44.6 Å². The second kappa shape index (κ2) is 4.73. The zero-order chi connectivity index (χ0) is 8.10. The molecule has 0 aromatic heterocycles. The van der Waals surface area contributed by atoms with Crippen molar-refractivity contribution in [3.8, 4) is 0 Å². The Morgan fingerprint density at radius 2 is 2.00 bits per heavy atom. The maximum Gasteiger partial charge on any atom is 0.0568 e. The number of rotatable bonds is 3. The van der Waals surface area contributed by atoms with E-state index in [1.807, 2.05) is 0 Å². The molecule has 2 nitrogen and oxygen atoms in total. The van der Waals surface area contributed by atoms with Crippen LogP contribution in [0.2, 0.25) is 0 Å². The fourth-order valence-electron chi connectivity index (χ4n) is 1.90. The molecule has 0 aromatic rings. The molecule has 0 aliphatic heterocycles. The second-order valence-corrected chi connectivity index (χ2v) is 3.54. The summed E-state index contributed by atoms with van der Waals surface area (Å²) in [6.45, 7) is 0.767. The molecule has 0 amide bonds. The SMILES string of the molecule is NCCC[C@@H]1CCCC[C@@H]1O. The molecular formula is C9H19NO. The zero-order valence-electron chi connectivity index (χ0n) is 7.13. The molecule has 0 unspecified atom stereocenters. The van der Waals surface area contributed by atoms with Gasteiger partial charge >= 0.3 is 0 Å². The highest BCUT2D eigenvalue weighted by Crippen LogP contribution is 2.27. The molecule has 0 spiro atoms. The van der Waals surface area contributed by atoms with E-state index in [0.717, 1.165) is 25.8 Å². The Bertz CT molecular complexity index is 106. The van der Waals surface area contributed by atoms with Crippen molar-refractivity contribution in [3.05, 3.63) is 0 Å². The second-order valence-electron chi connectivity index (χ2n) is 3.54. The average Bonchev–Trinajstić information content (AvgIpc) is 2.03. The number of aliphatic hydroxyl groups is 1. The number of aliphatic hydroxyl groups excluding tert-OH is 1. The van der Waals surface area contributed by atoms with Crippen LogP contribution in [-0.4, -0.2) is 17.8 Å². The van der Waals surface area contributed by atoms with Crippen molar-refractivity contribution in [2.75, 3.05) is 6.54 Å². The topological polar surface area (TPSA) is 46.2 Å². The van der Waals surface area contributed by atoms with E-state index in [2.05, 4.69) is 0 Å². The summed E-state index contributed by atoms with van der Waals surface area (Å²) in [7, 11) is 0. The van der Waals surface area contributed by atoms with Crippen molar-refractivity contribution in [1.82, 2.24) is 0 Å². The normalized spacial score (nSPS) is 32.2. The van der Waals surface area contributed by atoms with Gasteiger partial charge < -0.3 is 10.8 Å². The predicted molar refractivity (Wildman–Crippen MR) is 46.3 cm³/mol. The van der Waals surface area contributed by atoms with E-state index < -0.39 is 0 Å². The predicted octanol–water partition coefficient (Wildman–Crippen LogP) is 1.28. The van der Waals surface area contributed by atoms with Gasteiger partial charge in [0.25, 0.3) is 0 Å². The summed E-state index contributed by atoms with van der Waals surface area (Å²) in [5.74, 6) is 0.548. The smallest absolute Gasteiger partial charge is 0.0568 e. The molecule has 0 saturated heterocycles.